The molecule has 2 aromatic carbocycles. The van der Waals surface area contributed by atoms with Crippen LogP contribution in [0.2, 0.25) is 0 Å². The monoisotopic (exact) mass is 305 g/mol. The third kappa shape index (κ3) is 2.20. The number of benzene rings is 2. The van der Waals surface area contributed by atoms with Crippen LogP contribution in [0.25, 0.3) is 0 Å². The number of hydrogen-bond acceptors (Lipinski definition) is 1. The third-order valence-corrected chi connectivity index (χ3v) is 3.90. The normalized spacial score (nSPS) is 17.8. The van der Waals surface area contributed by atoms with Crippen molar-refractivity contribution in [3.05, 3.63) is 69.4 Å². The van der Waals surface area contributed by atoms with Gasteiger partial charge < -0.3 is 5.32 Å². The molecule has 1 aliphatic heterocycles. The third-order valence-electron chi connectivity index (χ3n) is 3.41. The van der Waals surface area contributed by atoms with Crippen molar-refractivity contribution in [1.29, 1.82) is 0 Å². The molecule has 0 aliphatic carbocycles. The molecule has 0 amide bonds. The second kappa shape index (κ2) is 4.82. The first kappa shape index (κ1) is 11.9. The van der Waals surface area contributed by atoms with Crippen molar-refractivity contribution in [2.75, 3.05) is 0 Å². The fraction of sp³-hybridized carbons (Fsp3) is 0.200. The van der Waals surface area contributed by atoms with Gasteiger partial charge >= 0.3 is 0 Å². The molecule has 1 heterocycles. The Hall–Kier alpha value is -1.19. The van der Waals surface area contributed by atoms with Crippen LogP contribution in [0.1, 0.15) is 22.7 Å². The predicted molar refractivity (Wildman–Crippen MR) is 73.8 cm³/mol. The Labute approximate surface area is 114 Å². The van der Waals surface area contributed by atoms with Crippen LogP contribution < -0.4 is 5.32 Å². The van der Waals surface area contributed by atoms with Crippen LogP contribution in [-0.4, -0.2) is 0 Å². The zero-order chi connectivity index (χ0) is 12.5. The summed E-state index contributed by atoms with van der Waals surface area (Å²) >= 11 is 3.28. The topological polar surface area (TPSA) is 12.0 Å². The van der Waals surface area contributed by atoms with E-state index in [1.54, 1.807) is 0 Å². The summed E-state index contributed by atoms with van der Waals surface area (Å²) in [6, 6.07) is 13.8. The van der Waals surface area contributed by atoms with Crippen molar-refractivity contribution in [3.63, 3.8) is 0 Å². The highest BCUT2D eigenvalue weighted by Crippen LogP contribution is 2.29. The van der Waals surface area contributed by atoms with E-state index in [-0.39, 0.29) is 11.9 Å². The molecule has 18 heavy (non-hydrogen) atoms. The highest BCUT2D eigenvalue weighted by atomic mass is 79.9. The summed E-state index contributed by atoms with van der Waals surface area (Å²) in [5.74, 6) is -0.143. The average Bonchev–Trinajstić information content (AvgIpc) is 2.76. The van der Waals surface area contributed by atoms with Crippen LogP contribution in [-0.2, 0) is 13.0 Å². The molecule has 1 nitrogen and oxygen atoms in total. The van der Waals surface area contributed by atoms with Crippen molar-refractivity contribution >= 4 is 15.9 Å². The minimum Gasteiger partial charge on any atom is -0.306 e. The molecule has 0 fully saturated rings. The predicted octanol–water partition coefficient (Wildman–Crippen LogP) is 3.98. The molecule has 0 bridgehead atoms. The van der Waals surface area contributed by atoms with Crippen molar-refractivity contribution in [2.45, 2.75) is 19.0 Å². The molecule has 3 heteroatoms. The highest BCUT2D eigenvalue weighted by molar-refractivity contribution is 9.10. The van der Waals surface area contributed by atoms with Crippen molar-refractivity contribution < 1.29 is 4.39 Å². The quantitative estimate of drug-likeness (QED) is 0.885. The summed E-state index contributed by atoms with van der Waals surface area (Å²) < 4.78 is 14.6. The SMILES string of the molecule is Fc1cc(Br)ccc1CC1NCc2ccccc21. The number of halogens is 2. The Morgan fingerprint density at radius 1 is 1.22 bits per heavy atom. The Morgan fingerprint density at radius 3 is 2.89 bits per heavy atom. The molecule has 0 saturated heterocycles. The van der Waals surface area contributed by atoms with Crippen molar-refractivity contribution in [3.8, 4) is 0 Å². The Kier molecular flexibility index (Phi) is 3.18. The summed E-state index contributed by atoms with van der Waals surface area (Å²) in [7, 11) is 0. The molecule has 1 unspecified atom stereocenters. The lowest BCUT2D eigenvalue weighted by Gasteiger charge is -2.13. The number of rotatable bonds is 2. The van der Waals surface area contributed by atoms with Crippen LogP contribution in [0.15, 0.2) is 46.9 Å². The fourth-order valence-corrected chi connectivity index (χ4v) is 2.80. The minimum atomic E-state index is -0.143. The van der Waals surface area contributed by atoms with E-state index in [0.29, 0.717) is 6.42 Å². The van der Waals surface area contributed by atoms with Gasteiger partial charge in [-0.05, 0) is 35.2 Å². The summed E-state index contributed by atoms with van der Waals surface area (Å²) in [6.45, 7) is 0.874. The van der Waals surface area contributed by atoms with E-state index in [4.69, 9.17) is 0 Å². The van der Waals surface area contributed by atoms with Gasteiger partial charge in [-0.2, -0.15) is 0 Å². The summed E-state index contributed by atoms with van der Waals surface area (Å²) in [5.41, 5.74) is 3.37. The van der Waals surface area contributed by atoms with E-state index in [1.165, 1.54) is 17.2 Å². The van der Waals surface area contributed by atoms with E-state index in [0.717, 1.165) is 16.6 Å². The van der Waals surface area contributed by atoms with Crippen LogP contribution >= 0.6 is 15.9 Å². The van der Waals surface area contributed by atoms with Gasteiger partial charge in [0, 0.05) is 17.1 Å². The Bertz CT molecular complexity index is 582. The van der Waals surface area contributed by atoms with E-state index in [9.17, 15) is 4.39 Å². The number of hydrogen-bond donors (Lipinski definition) is 1. The Balaban J connectivity index is 1.86. The first-order valence-electron chi connectivity index (χ1n) is 5.99. The lowest BCUT2D eigenvalue weighted by atomic mass is 9.98. The van der Waals surface area contributed by atoms with Crippen molar-refractivity contribution in [2.24, 2.45) is 0 Å². The zero-order valence-corrected chi connectivity index (χ0v) is 11.4. The standard InChI is InChI=1S/C15H13BrFN/c16-12-6-5-10(14(17)8-12)7-15-13-4-2-1-3-11(13)9-18-15/h1-6,8,15,18H,7,9H2. The second-order valence-corrected chi connectivity index (χ2v) is 5.49. The number of fused-ring (bicyclic) bond motifs is 1. The van der Waals surface area contributed by atoms with Gasteiger partial charge in [0.15, 0.2) is 0 Å². The van der Waals surface area contributed by atoms with Gasteiger partial charge in [-0.1, -0.05) is 46.3 Å². The van der Waals surface area contributed by atoms with E-state index < -0.39 is 0 Å². The van der Waals surface area contributed by atoms with E-state index >= 15 is 0 Å². The van der Waals surface area contributed by atoms with Gasteiger partial charge in [0.25, 0.3) is 0 Å². The molecule has 2 aromatic rings. The minimum absolute atomic E-state index is 0.143. The van der Waals surface area contributed by atoms with Gasteiger partial charge in [0.1, 0.15) is 5.82 Å². The van der Waals surface area contributed by atoms with Crippen LogP contribution in [0.4, 0.5) is 4.39 Å². The second-order valence-electron chi connectivity index (χ2n) is 4.57. The van der Waals surface area contributed by atoms with Gasteiger partial charge in [-0.3, -0.25) is 0 Å². The van der Waals surface area contributed by atoms with Crippen LogP contribution in [0.5, 0.6) is 0 Å². The molecule has 3 rings (SSSR count). The molecule has 1 atom stereocenters. The summed E-state index contributed by atoms with van der Waals surface area (Å²) in [4.78, 5) is 0. The summed E-state index contributed by atoms with van der Waals surface area (Å²) in [5, 5.41) is 3.43. The van der Waals surface area contributed by atoms with E-state index in [2.05, 4.69) is 33.4 Å². The molecule has 1 N–H and O–H groups in total. The van der Waals surface area contributed by atoms with Crippen LogP contribution in [0.3, 0.4) is 0 Å². The Morgan fingerprint density at radius 2 is 2.06 bits per heavy atom. The highest BCUT2D eigenvalue weighted by Gasteiger charge is 2.22. The van der Waals surface area contributed by atoms with Gasteiger partial charge in [-0.25, -0.2) is 4.39 Å². The maximum atomic E-state index is 13.8. The summed E-state index contributed by atoms with van der Waals surface area (Å²) in [6.07, 6.45) is 0.691. The van der Waals surface area contributed by atoms with Gasteiger partial charge in [0.2, 0.25) is 0 Å². The maximum absolute atomic E-state index is 13.8. The smallest absolute Gasteiger partial charge is 0.127 e. The first-order valence-corrected chi connectivity index (χ1v) is 6.78. The molecule has 0 aromatic heterocycles. The van der Waals surface area contributed by atoms with Gasteiger partial charge in [-0.15, -0.1) is 0 Å². The fourth-order valence-electron chi connectivity index (χ4n) is 2.47. The molecule has 0 spiro atoms. The first-order chi connectivity index (χ1) is 8.74. The average molecular weight is 306 g/mol. The lowest BCUT2D eigenvalue weighted by molar-refractivity contribution is 0.549. The number of nitrogens with one attached hydrogen (secondary N) is 1. The molecular weight excluding hydrogens is 293 g/mol. The molecule has 92 valence electrons. The lowest BCUT2D eigenvalue weighted by Crippen LogP contribution is -2.15. The molecule has 1 aliphatic rings. The van der Waals surface area contributed by atoms with Crippen molar-refractivity contribution in [1.82, 2.24) is 5.32 Å². The zero-order valence-electron chi connectivity index (χ0n) is 9.79. The molecule has 0 saturated carbocycles. The van der Waals surface area contributed by atoms with E-state index in [1.807, 2.05) is 24.3 Å². The van der Waals surface area contributed by atoms with Gasteiger partial charge in [0.05, 0.1) is 0 Å². The molecular formula is C15H13BrFN. The molecule has 0 radical (unpaired) electrons. The largest absolute Gasteiger partial charge is 0.306 e. The maximum Gasteiger partial charge on any atom is 0.127 e. The van der Waals surface area contributed by atoms with Crippen LogP contribution in [0, 0.1) is 5.82 Å².